The quantitative estimate of drug-likeness (QED) is 0.656. The predicted octanol–water partition coefficient (Wildman–Crippen LogP) is 3.44. The minimum atomic E-state index is 0.243. The van der Waals surface area contributed by atoms with E-state index in [1.807, 2.05) is 0 Å². The molecule has 120 valence electrons. The third kappa shape index (κ3) is 5.71. The van der Waals surface area contributed by atoms with E-state index in [1.165, 1.54) is 51.6 Å². The Morgan fingerprint density at radius 3 is 2.35 bits per heavy atom. The van der Waals surface area contributed by atoms with Gasteiger partial charge < -0.3 is 10.1 Å². The third-order valence-corrected chi connectivity index (χ3v) is 4.76. The van der Waals surface area contributed by atoms with E-state index in [1.54, 1.807) is 7.11 Å². The fraction of sp³-hybridized carbons (Fsp3) is 1.00. The summed E-state index contributed by atoms with van der Waals surface area (Å²) in [5.74, 6) is 0. The highest BCUT2D eigenvalue weighted by molar-refractivity contribution is 4.94. The van der Waals surface area contributed by atoms with Gasteiger partial charge in [0.05, 0.1) is 0 Å². The highest BCUT2D eigenvalue weighted by Crippen LogP contribution is 2.26. The van der Waals surface area contributed by atoms with Gasteiger partial charge in [-0.05, 0) is 65.6 Å². The summed E-state index contributed by atoms with van der Waals surface area (Å²) in [6.45, 7) is 11.6. The van der Waals surface area contributed by atoms with E-state index in [4.69, 9.17) is 4.74 Å². The molecule has 1 unspecified atom stereocenters. The molecule has 1 rings (SSSR count). The molecule has 1 heterocycles. The topological polar surface area (TPSA) is 24.5 Å². The molecule has 0 radical (unpaired) electrons. The first-order chi connectivity index (χ1) is 9.62. The summed E-state index contributed by atoms with van der Waals surface area (Å²) >= 11 is 0. The van der Waals surface area contributed by atoms with Crippen LogP contribution in [0.15, 0.2) is 0 Å². The molecule has 0 aromatic rings. The lowest BCUT2D eigenvalue weighted by molar-refractivity contribution is 0.0748. The summed E-state index contributed by atoms with van der Waals surface area (Å²) in [6.07, 6.45) is 9.10. The zero-order chi connectivity index (χ0) is 14.8. The molecular formula is C17H36N2O. The van der Waals surface area contributed by atoms with Crippen LogP contribution in [0.1, 0.15) is 65.7 Å². The summed E-state index contributed by atoms with van der Waals surface area (Å²) in [6, 6.07) is 0.565. The Morgan fingerprint density at radius 2 is 1.80 bits per heavy atom. The van der Waals surface area contributed by atoms with Gasteiger partial charge in [-0.2, -0.15) is 0 Å². The van der Waals surface area contributed by atoms with Crippen molar-refractivity contribution in [2.75, 3.05) is 33.4 Å². The number of nitrogens with one attached hydrogen (secondary N) is 1. The largest absolute Gasteiger partial charge is 0.385 e. The zero-order valence-electron chi connectivity index (χ0n) is 14.2. The van der Waals surface area contributed by atoms with E-state index < -0.39 is 0 Å². The van der Waals surface area contributed by atoms with Gasteiger partial charge in [-0.3, -0.25) is 4.90 Å². The Labute approximate surface area is 126 Å². The monoisotopic (exact) mass is 284 g/mol. The van der Waals surface area contributed by atoms with E-state index in [9.17, 15) is 0 Å². The number of hydrogen-bond donors (Lipinski definition) is 1. The Bertz CT molecular complexity index is 235. The number of ether oxygens (including phenoxy) is 1. The molecule has 0 aliphatic carbocycles. The Morgan fingerprint density at radius 1 is 1.15 bits per heavy atom. The van der Waals surface area contributed by atoms with Crippen LogP contribution in [0.3, 0.4) is 0 Å². The van der Waals surface area contributed by atoms with Gasteiger partial charge in [0, 0.05) is 25.3 Å². The first kappa shape index (κ1) is 17.9. The van der Waals surface area contributed by atoms with Crippen molar-refractivity contribution in [1.29, 1.82) is 0 Å². The second-order valence-electron chi connectivity index (χ2n) is 6.70. The van der Waals surface area contributed by atoms with Crippen LogP contribution in [-0.4, -0.2) is 49.8 Å². The smallest absolute Gasteiger partial charge is 0.0462 e. The minimum Gasteiger partial charge on any atom is -0.385 e. The van der Waals surface area contributed by atoms with Crippen LogP contribution < -0.4 is 5.32 Å². The van der Waals surface area contributed by atoms with Crippen molar-refractivity contribution >= 4 is 0 Å². The molecule has 0 aromatic heterocycles. The summed E-state index contributed by atoms with van der Waals surface area (Å²) in [5.41, 5.74) is 0.243. The third-order valence-electron chi connectivity index (χ3n) is 4.76. The second-order valence-corrected chi connectivity index (χ2v) is 6.70. The highest BCUT2D eigenvalue weighted by atomic mass is 16.5. The van der Waals surface area contributed by atoms with Crippen LogP contribution in [0.25, 0.3) is 0 Å². The summed E-state index contributed by atoms with van der Waals surface area (Å²) in [4.78, 5) is 2.72. The first-order valence-electron chi connectivity index (χ1n) is 8.60. The van der Waals surface area contributed by atoms with Crippen molar-refractivity contribution in [3.05, 3.63) is 0 Å². The molecule has 1 saturated heterocycles. The van der Waals surface area contributed by atoms with Crippen molar-refractivity contribution < 1.29 is 4.74 Å². The molecule has 1 atom stereocenters. The number of methoxy groups -OCH3 is 1. The maximum Gasteiger partial charge on any atom is 0.0462 e. The summed E-state index contributed by atoms with van der Waals surface area (Å²) in [7, 11) is 1.80. The average molecular weight is 284 g/mol. The normalized spacial score (nSPS) is 19.8. The van der Waals surface area contributed by atoms with Gasteiger partial charge in [-0.25, -0.2) is 0 Å². The molecule has 3 heteroatoms. The van der Waals surface area contributed by atoms with Crippen molar-refractivity contribution in [2.45, 2.75) is 77.3 Å². The lowest BCUT2D eigenvalue weighted by Crippen LogP contribution is -2.58. The molecule has 20 heavy (non-hydrogen) atoms. The van der Waals surface area contributed by atoms with Crippen molar-refractivity contribution in [3.63, 3.8) is 0 Å². The number of nitrogens with zero attached hydrogens (tertiary/aromatic N) is 1. The van der Waals surface area contributed by atoms with Gasteiger partial charge in [-0.1, -0.05) is 19.8 Å². The van der Waals surface area contributed by atoms with E-state index in [2.05, 4.69) is 31.0 Å². The van der Waals surface area contributed by atoms with E-state index in [0.29, 0.717) is 6.04 Å². The average Bonchev–Trinajstić information content (AvgIpc) is 2.72. The maximum absolute atomic E-state index is 5.23. The van der Waals surface area contributed by atoms with Gasteiger partial charge in [0.1, 0.15) is 0 Å². The molecule has 1 fully saturated rings. The van der Waals surface area contributed by atoms with E-state index >= 15 is 0 Å². The fourth-order valence-electron chi connectivity index (χ4n) is 3.32. The van der Waals surface area contributed by atoms with Gasteiger partial charge in [0.15, 0.2) is 0 Å². The number of hydrogen-bond acceptors (Lipinski definition) is 3. The Balaban J connectivity index is 2.62. The molecule has 0 amide bonds. The van der Waals surface area contributed by atoms with Crippen LogP contribution >= 0.6 is 0 Å². The first-order valence-corrected chi connectivity index (χ1v) is 8.60. The van der Waals surface area contributed by atoms with Crippen LogP contribution in [0.5, 0.6) is 0 Å². The standard InChI is InChI=1S/C17H36N2O/c1-5-12-18-16(11-10-15-20-4)17(2,3)19-13-8-6-7-9-14-19/h16,18H,5-15H2,1-4H3. The highest BCUT2D eigenvalue weighted by Gasteiger charge is 2.34. The molecule has 0 bridgehead atoms. The number of likely N-dealkylation sites (tertiary alicyclic amines) is 1. The fourth-order valence-corrected chi connectivity index (χ4v) is 3.32. The van der Waals surface area contributed by atoms with Crippen LogP contribution in [0.2, 0.25) is 0 Å². The summed E-state index contributed by atoms with van der Waals surface area (Å²) < 4.78 is 5.23. The lowest BCUT2D eigenvalue weighted by atomic mass is 9.88. The van der Waals surface area contributed by atoms with Crippen LogP contribution in [0, 0.1) is 0 Å². The van der Waals surface area contributed by atoms with Gasteiger partial charge in [0.25, 0.3) is 0 Å². The molecule has 1 N–H and O–H groups in total. The molecule has 1 aliphatic rings. The summed E-state index contributed by atoms with van der Waals surface area (Å²) in [5, 5.41) is 3.79. The van der Waals surface area contributed by atoms with Crippen molar-refractivity contribution in [1.82, 2.24) is 10.2 Å². The molecule has 0 saturated carbocycles. The predicted molar refractivity (Wildman–Crippen MR) is 87.3 cm³/mol. The molecule has 0 aromatic carbocycles. The molecular weight excluding hydrogens is 248 g/mol. The number of rotatable bonds is 9. The Kier molecular flexibility index (Phi) is 8.74. The van der Waals surface area contributed by atoms with Crippen LogP contribution in [-0.2, 0) is 4.74 Å². The van der Waals surface area contributed by atoms with Gasteiger partial charge >= 0.3 is 0 Å². The zero-order valence-corrected chi connectivity index (χ0v) is 14.2. The Hall–Kier alpha value is -0.120. The molecule has 0 spiro atoms. The van der Waals surface area contributed by atoms with Crippen LogP contribution in [0.4, 0.5) is 0 Å². The maximum atomic E-state index is 5.23. The van der Waals surface area contributed by atoms with Crippen molar-refractivity contribution in [2.24, 2.45) is 0 Å². The minimum absolute atomic E-state index is 0.243. The SMILES string of the molecule is CCCNC(CCCOC)C(C)(C)N1CCCCCC1. The van der Waals surface area contributed by atoms with Gasteiger partial charge in [0.2, 0.25) is 0 Å². The van der Waals surface area contributed by atoms with E-state index in [0.717, 1.165) is 19.6 Å². The second kappa shape index (κ2) is 9.75. The molecule has 1 aliphatic heterocycles. The van der Waals surface area contributed by atoms with Gasteiger partial charge in [-0.15, -0.1) is 0 Å². The molecule has 3 nitrogen and oxygen atoms in total. The van der Waals surface area contributed by atoms with Crippen molar-refractivity contribution in [3.8, 4) is 0 Å². The van der Waals surface area contributed by atoms with E-state index in [-0.39, 0.29) is 5.54 Å². The lowest BCUT2D eigenvalue weighted by Gasteiger charge is -2.44.